The van der Waals surface area contributed by atoms with Gasteiger partial charge in [0.15, 0.2) is 5.13 Å². The summed E-state index contributed by atoms with van der Waals surface area (Å²) in [4.78, 5) is 32.6. The van der Waals surface area contributed by atoms with Gasteiger partial charge in [-0.1, -0.05) is 41.7 Å². The summed E-state index contributed by atoms with van der Waals surface area (Å²) in [6.07, 6.45) is 3.57. The molecule has 174 valence electrons. The summed E-state index contributed by atoms with van der Waals surface area (Å²) in [5.41, 5.74) is 4.56. The molecule has 3 aromatic carbocycles. The first kappa shape index (κ1) is 21.5. The molecule has 0 atom stereocenters. The molecule has 1 aliphatic carbocycles. The summed E-state index contributed by atoms with van der Waals surface area (Å²) in [5, 5.41) is 7.13. The zero-order valence-corrected chi connectivity index (χ0v) is 19.4. The minimum Gasteiger partial charge on any atom is -0.360 e. The topological polar surface area (TPSA) is 86.9 Å². The first-order chi connectivity index (χ1) is 17.0. The summed E-state index contributed by atoms with van der Waals surface area (Å²) in [6.45, 7) is 0.111. The Hall–Kier alpha value is -4.04. The second kappa shape index (κ2) is 8.63. The predicted molar refractivity (Wildman–Crippen MR) is 136 cm³/mol. The molecule has 0 saturated heterocycles. The van der Waals surface area contributed by atoms with Gasteiger partial charge in [0.2, 0.25) is 5.91 Å². The molecule has 8 heteroatoms. The van der Waals surface area contributed by atoms with Gasteiger partial charge >= 0.3 is 0 Å². The number of halogens is 1. The van der Waals surface area contributed by atoms with Crippen LogP contribution < -0.4 is 10.6 Å². The lowest BCUT2D eigenvalue weighted by Gasteiger charge is -2.07. The Bertz CT molecular complexity index is 1600. The molecule has 2 aromatic heterocycles. The van der Waals surface area contributed by atoms with Crippen LogP contribution in [0.25, 0.3) is 32.2 Å². The first-order valence-corrected chi connectivity index (χ1v) is 12.2. The van der Waals surface area contributed by atoms with Crippen LogP contribution in [0.1, 0.15) is 28.8 Å². The predicted octanol–water partition coefficient (Wildman–Crippen LogP) is 5.86. The Morgan fingerprint density at radius 1 is 1.06 bits per heavy atom. The number of thiazole rings is 1. The van der Waals surface area contributed by atoms with Crippen LogP contribution in [0.3, 0.4) is 0 Å². The highest BCUT2D eigenvalue weighted by atomic mass is 32.1. The van der Waals surface area contributed by atoms with Crippen LogP contribution in [-0.2, 0) is 11.3 Å². The number of hydrogen-bond acceptors (Lipinski definition) is 4. The number of H-pyrrole nitrogens is 1. The average Bonchev–Trinajstić information content (AvgIpc) is 3.51. The first-order valence-electron chi connectivity index (χ1n) is 11.4. The standard InChI is InChI=1S/C27H21FN4O2S/c28-21-4-2-1-3-18(21)13-30-26(34)20-14-29-22-9-7-16(11-19(20)22)17-8-10-23-24(12-17)35-27(31-23)32-25(33)15-5-6-15/h1-4,7-12,14-15,29H,5-6,13H2,(H,30,34)(H,31,32,33). The monoisotopic (exact) mass is 484 g/mol. The van der Waals surface area contributed by atoms with Gasteiger partial charge in [0.1, 0.15) is 5.82 Å². The van der Waals surface area contributed by atoms with E-state index in [9.17, 15) is 14.0 Å². The lowest BCUT2D eigenvalue weighted by molar-refractivity contribution is -0.117. The van der Waals surface area contributed by atoms with Gasteiger partial charge in [-0.05, 0) is 54.3 Å². The van der Waals surface area contributed by atoms with E-state index in [4.69, 9.17) is 0 Å². The normalized spacial score (nSPS) is 13.3. The summed E-state index contributed by atoms with van der Waals surface area (Å²) >= 11 is 1.45. The number of benzene rings is 3. The molecule has 3 N–H and O–H groups in total. The fraction of sp³-hybridized carbons (Fsp3) is 0.148. The molecule has 0 spiro atoms. The highest BCUT2D eigenvalue weighted by molar-refractivity contribution is 7.22. The Morgan fingerprint density at radius 3 is 2.69 bits per heavy atom. The molecule has 6 nitrogen and oxygen atoms in total. The quantitative estimate of drug-likeness (QED) is 0.282. The van der Waals surface area contributed by atoms with Crippen molar-refractivity contribution in [2.45, 2.75) is 19.4 Å². The van der Waals surface area contributed by atoms with E-state index in [0.29, 0.717) is 16.3 Å². The molecule has 1 saturated carbocycles. The highest BCUT2D eigenvalue weighted by Crippen LogP contribution is 2.34. The molecular weight excluding hydrogens is 463 g/mol. The van der Waals surface area contributed by atoms with Gasteiger partial charge in [0.05, 0.1) is 15.8 Å². The van der Waals surface area contributed by atoms with Gasteiger partial charge in [-0.3, -0.25) is 9.59 Å². The third-order valence-electron chi connectivity index (χ3n) is 6.22. The van der Waals surface area contributed by atoms with Crippen molar-refractivity contribution >= 4 is 49.4 Å². The fourth-order valence-electron chi connectivity index (χ4n) is 4.11. The van der Waals surface area contributed by atoms with E-state index in [1.54, 1.807) is 24.4 Å². The fourth-order valence-corrected chi connectivity index (χ4v) is 5.02. The van der Waals surface area contributed by atoms with Crippen LogP contribution in [0.5, 0.6) is 0 Å². The van der Waals surface area contributed by atoms with Crippen molar-refractivity contribution in [2.24, 2.45) is 5.92 Å². The molecule has 2 amide bonds. The van der Waals surface area contributed by atoms with E-state index in [-0.39, 0.29) is 30.1 Å². The molecule has 5 aromatic rings. The van der Waals surface area contributed by atoms with E-state index >= 15 is 0 Å². The molecule has 2 heterocycles. The lowest BCUT2D eigenvalue weighted by atomic mass is 10.0. The maximum Gasteiger partial charge on any atom is 0.253 e. The number of hydrogen-bond donors (Lipinski definition) is 3. The number of anilines is 1. The summed E-state index contributed by atoms with van der Waals surface area (Å²) < 4.78 is 14.9. The minimum atomic E-state index is -0.345. The van der Waals surface area contributed by atoms with Crippen molar-refractivity contribution < 1.29 is 14.0 Å². The van der Waals surface area contributed by atoms with E-state index in [2.05, 4.69) is 20.6 Å². The molecule has 1 aliphatic rings. The van der Waals surface area contributed by atoms with E-state index in [0.717, 1.165) is 45.1 Å². The maximum absolute atomic E-state index is 13.9. The molecule has 35 heavy (non-hydrogen) atoms. The number of carbonyl (C=O) groups is 2. The number of rotatable bonds is 6. The molecule has 0 radical (unpaired) electrons. The second-order valence-corrected chi connectivity index (χ2v) is 9.73. The summed E-state index contributed by atoms with van der Waals surface area (Å²) in [7, 11) is 0. The maximum atomic E-state index is 13.9. The van der Waals surface area contributed by atoms with Crippen molar-refractivity contribution in [2.75, 3.05) is 5.32 Å². The van der Waals surface area contributed by atoms with Gasteiger partial charge in [0, 0.05) is 35.1 Å². The zero-order chi connectivity index (χ0) is 23.9. The number of aromatic nitrogens is 2. The lowest BCUT2D eigenvalue weighted by Crippen LogP contribution is -2.23. The largest absolute Gasteiger partial charge is 0.360 e. The van der Waals surface area contributed by atoms with E-state index < -0.39 is 0 Å². The number of aromatic amines is 1. The van der Waals surface area contributed by atoms with Crippen LogP contribution in [0.4, 0.5) is 9.52 Å². The Morgan fingerprint density at radius 2 is 1.86 bits per heavy atom. The minimum absolute atomic E-state index is 0.0444. The van der Waals surface area contributed by atoms with Crippen LogP contribution in [-0.4, -0.2) is 21.8 Å². The van der Waals surface area contributed by atoms with Gasteiger partial charge in [-0.2, -0.15) is 0 Å². The van der Waals surface area contributed by atoms with Crippen LogP contribution in [0.2, 0.25) is 0 Å². The third kappa shape index (κ3) is 4.28. The van der Waals surface area contributed by atoms with Crippen molar-refractivity contribution in [1.82, 2.24) is 15.3 Å². The van der Waals surface area contributed by atoms with Gasteiger partial charge in [-0.25, -0.2) is 9.37 Å². The molecule has 6 rings (SSSR count). The third-order valence-corrected chi connectivity index (χ3v) is 7.16. The number of amides is 2. The van der Waals surface area contributed by atoms with E-state index in [1.807, 2.05) is 36.4 Å². The Kier molecular flexibility index (Phi) is 5.30. The molecule has 1 fully saturated rings. The van der Waals surface area contributed by atoms with E-state index in [1.165, 1.54) is 17.4 Å². The summed E-state index contributed by atoms with van der Waals surface area (Å²) in [6, 6.07) is 18.3. The molecule has 0 bridgehead atoms. The van der Waals surface area contributed by atoms with Crippen LogP contribution >= 0.6 is 11.3 Å². The number of nitrogens with zero attached hydrogens (tertiary/aromatic N) is 1. The van der Waals surface area contributed by atoms with Crippen molar-refractivity contribution in [3.63, 3.8) is 0 Å². The van der Waals surface area contributed by atoms with Gasteiger partial charge in [-0.15, -0.1) is 0 Å². The Balaban J connectivity index is 1.26. The highest BCUT2D eigenvalue weighted by Gasteiger charge is 2.30. The number of nitrogens with one attached hydrogen (secondary N) is 3. The number of carbonyl (C=O) groups excluding carboxylic acids is 2. The van der Waals surface area contributed by atoms with Crippen molar-refractivity contribution in [3.8, 4) is 11.1 Å². The SMILES string of the molecule is O=C(NCc1ccccc1F)c1c[nH]c2ccc(-c3ccc4nc(NC(=O)C5CC5)sc4c3)cc12. The second-order valence-electron chi connectivity index (χ2n) is 8.70. The average molecular weight is 485 g/mol. The molecule has 0 unspecified atom stereocenters. The molecule has 0 aliphatic heterocycles. The Labute approximate surface area is 204 Å². The van der Waals surface area contributed by atoms with Crippen molar-refractivity contribution in [3.05, 3.63) is 83.8 Å². The molecular formula is C27H21FN4O2S. The van der Waals surface area contributed by atoms with Crippen molar-refractivity contribution in [1.29, 1.82) is 0 Å². The summed E-state index contributed by atoms with van der Waals surface area (Å²) in [5.74, 6) is -0.444. The number of fused-ring (bicyclic) bond motifs is 2. The van der Waals surface area contributed by atoms with Crippen LogP contribution in [0.15, 0.2) is 66.9 Å². The van der Waals surface area contributed by atoms with Crippen LogP contribution in [0, 0.1) is 11.7 Å². The smallest absolute Gasteiger partial charge is 0.253 e. The van der Waals surface area contributed by atoms with Gasteiger partial charge in [0.25, 0.3) is 5.91 Å². The van der Waals surface area contributed by atoms with Gasteiger partial charge < -0.3 is 15.6 Å². The zero-order valence-electron chi connectivity index (χ0n) is 18.6.